The summed E-state index contributed by atoms with van der Waals surface area (Å²) in [4.78, 5) is 6.88. The number of aromatic nitrogens is 1. The lowest BCUT2D eigenvalue weighted by atomic mass is 10.1. The van der Waals surface area contributed by atoms with Crippen molar-refractivity contribution in [1.29, 1.82) is 5.26 Å². The van der Waals surface area contributed by atoms with Gasteiger partial charge in [-0.15, -0.1) is 0 Å². The van der Waals surface area contributed by atoms with E-state index in [0.29, 0.717) is 5.56 Å². The normalized spacial score (nSPS) is 17.0. The summed E-state index contributed by atoms with van der Waals surface area (Å²) >= 11 is 0. The fraction of sp³-hybridized carbons (Fsp3) is 0.333. The number of anilines is 1. The van der Waals surface area contributed by atoms with Gasteiger partial charge in [0.2, 0.25) is 0 Å². The molecule has 1 aromatic carbocycles. The van der Waals surface area contributed by atoms with E-state index < -0.39 is 0 Å². The van der Waals surface area contributed by atoms with Crippen LogP contribution in [0, 0.1) is 11.3 Å². The highest BCUT2D eigenvalue weighted by Gasteiger charge is 2.14. The largest absolute Gasteiger partial charge is 0.304 e. The van der Waals surface area contributed by atoms with Gasteiger partial charge in [0, 0.05) is 37.6 Å². The van der Waals surface area contributed by atoms with Crippen molar-refractivity contribution in [2.45, 2.75) is 0 Å². The van der Waals surface area contributed by atoms with Crippen molar-refractivity contribution in [1.82, 2.24) is 14.9 Å². The molecule has 3 rings (SSSR count). The Bertz CT molecular complexity index is 653. The van der Waals surface area contributed by atoms with Crippen molar-refractivity contribution in [3.8, 4) is 6.07 Å². The summed E-state index contributed by atoms with van der Waals surface area (Å²) in [6.45, 7) is 3.97. The first-order valence-electron chi connectivity index (χ1n) is 6.76. The van der Waals surface area contributed by atoms with E-state index in [1.54, 1.807) is 0 Å². The smallest absolute Gasteiger partial charge is 0.142 e. The third kappa shape index (κ3) is 2.57. The lowest BCUT2D eigenvalue weighted by molar-refractivity contribution is 0.178. The number of benzene rings is 1. The minimum absolute atomic E-state index is 0.659. The number of hydrogen-bond donors (Lipinski definition) is 1. The summed E-state index contributed by atoms with van der Waals surface area (Å²) in [5, 5.41) is 12.3. The maximum absolute atomic E-state index is 9.27. The van der Waals surface area contributed by atoms with E-state index in [9.17, 15) is 5.26 Å². The Balaban J connectivity index is 1.87. The summed E-state index contributed by atoms with van der Waals surface area (Å²) in [7, 11) is 2.12. The average Bonchev–Trinajstić information content (AvgIpc) is 2.49. The third-order valence-electron chi connectivity index (χ3n) is 3.61. The Hall–Kier alpha value is -2.16. The lowest BCUT2D eigenvalue weighted by Crippen LogP contribution is -2.47. The van der Waals surface area contributed by atoms with Crippen LogP contribution >= 0.6 is 0 Å². The number of rotatable bonds is 2. The maximum Gasteiger partial charge on any atom is 0.142 e. The first kappa shape index (κ1) is 12.9. The van der Waals surface area contributed by atoms with Gasteiger partial charge in [-0.2, -0.15) is 5.26 Å². The SMILES string of the molecule is CN1CCN(Nc2cc(C#N)c3ccccc3n2)CC1. The van der Waals surface area contributed by atoms with Crippen LogP contribution in [0.2, 0.25) is 0 Å². The van der Waals surface area contributed by atoms with E-state index >= 15 is 0 Å². The van der Waals surface area contributed by atoms with Gasteiger partial charge < -0.3 is 10.3 Å². The van der Waals surface area contributed by atoms with Crippen LogP contribution in [0.15, 0.2) is 30.3 Å². The first-order chi connectivity index (χ1) is 9.76. The van der Waals surface area contributed by atoms with Crippen LogP contribution in [0.5, 0.6) is 0 Å². The standard InChI is InChI=1S/C15H17N5/c1-19-6-8-20(9-7-19)18-15-10-12(11-16)13-4-2-3-5-14(13)17-15/h2-5,10H,6-9H2,1H3,(H,17,18). The molecule has 0 atom stereocenters. The van der Waals surface area contributed by atoms with Crippen LogP contribution in [0.4, 0.5) is 5.82 Å². The van der Waals surface area contributed by atoms with Crippen molar-refractivity contribution in [3.63, 3.8) is 0 Å². The highest BCUT2D eigenvalue weighted by molar-refractivity contribution is 5.86. The summed E-state index contributed by atoms with van der Waals surface area (Å²) in [6.07, 6.45) is 0. The van der Waals surface area contributed by atoms with Gasteiger partial charge in [0.15, 0.2) is 0 Å². The van der Waals surface area contributed by atoms with E-state index in [2.05, 4.69) is 33.4 Å². The second kappa shape index (κ2) is 5.45. The zero-order chi connectivity index (χ0) is 13.9. The fourth-order valence-corrected chi connectivity index (χ4v) is 2.41. The topological polar surface area (TPSA) is 55.2 Å². The van der Waals surface area contributed by atoms with Gasteiger partial charge in [-0.05, 0) is 13.1 Å². The minimum atomic E-state index is 0.659. The number of piperazine rings is 1. The molecule has 0 amide bonds. The van der Waals surface area contributed by atoms with Crippen LogP contribution in [-0.4, -0.2) is 48.1 Å². The van der Waals surface area contributed by atoms with Gasteiger partial charge in [-0.1, -0.05) is 18.2 Å². The van der Waals surface area contributed by atoms with Crippen LogP contribution in [0.1, 0.15) is 5.56 Å². The molecule has 1 saturated heterocycles. The van der Waals surface area contributed by atoms with Crippen LogP contribution in [0.3, 0.4) is 0 Å². The molecule has 0 bridgehead atoms. The van der Waals surface area contributed by atoms with E-state index in [0.717, 1.165) is 42.9 Å². The number of pyridine rings is 1. The molecular weight excluding hydrogens is 250 g/mol. The van der Waals surface area contributed by atoms with Crippen molar-refractivity contribution in [2.75, 3.05) is 38.7 Å². The number of likely N-dealkylation sites (N-methyl/N-ethyl adjacent to an activating group) is 1. The van der Waals surface area contributed by atoms with Crippen molar-refractivity contribution < 1.29 is 0 Å². The average molecular weight is 267 g/mol. The summed E-state index contributed by atoms with van der Waals surface area (Å²) < 4.78 is 0. The molecule has 5 nitrogen and oxygen atoms in total. The van der Waals surface area contributed by atoms with Crippen LogP contribution in [0.25, 0.3) is 10.9 Å². The number of nitrogens with one attached hydrogen (secondary N) is 1. The molecule has 1 aromatic heterocycles. The second-order valence-electron chi connectivity index (χ2n) is 5.09. The Kier molecular flexibility index (Phi) is 3.50. The Morgan fingerprint density at radius 3 is 2.70 bits per heavy atom. The molecule has 0 radical (unpaired) electrons. The summed E-state index contributed by atoms with van der Waals surface area (Å²) in [5.41, 5.74) is 4.82. The monoisotopic (exact) mass is 267 g/mol. The Labute approximate surface area is 118 Å². The molecule has 2 aromatic rings. The van der Waals surface area contributed by atoms with E-state index in [1.807, 2.05) is 30.3 Å². The number of para-hydroxylation sites is 1. The molecule has 0 unspecified atom stereocenters. The van der Waals surface area contributed by atoms with Crippen LogP contribution < -0.4 is 5.43 Å². The van der Waals surface area contributed by atoms with Gasteiger partial charge in [0.05, 0.1) is 17.1 Å². The molecular formula is C15H17N5. The number of nitriles is 1. The molecule has 1 aliphatic heterocycles. The Morgan fingerprint density at radius 2 is 1.95 bits per heavy atom. The maximum atomic E-state index is 9.27. The van der Waals surface area contributed by atoms with Gasteiger partial charge in [0.25, 0.3) is 0 Å². The summed E-state index contributed by atoms with van der Waals surface area (Å²) in [6, 6.07) is 11.8. The zero-order valence-corrected chi connectivity index (χ0v) is 11.5. The van der Waals surface area contributed by atoms with E-state index in [-0.39, 0.29) is 0 Å². The van der Waals surface area contributed by atoms with Crippen molar-refractivity contribution in [2.24, 2.45) is 0 Å². The molecule has 20 heavy (non-hydrogen) atoms. The van der Waals surface area contributed by atoms with Gasteiger partial charge >= 0.3 is 0 Å². The molecule has 102 valence electrons. The highest BCUT2D eigenvalue weighted by atomic mass is 15.5. The molecule has 1 fully saturated rings. The third-order valence-corrected chi connectivity index (χ3v) is 3.61. The fourth-order valence-electron chi connectivity index (χ4n) is 2.41. The van der Waals surface area contributed by atoms with Crippen molar-refractivity contribution in [3.05, 3.63) is 35.9 Å². The highest BCUT2D eigenvalue weighted by Crippen LogP contribution is 2.20. The molecule has 2 heterocycles. The molecule has 1 N–H and O–H groups in total. The second-order valence-corrected chi connectivity index (χ2v) is 5.09. The Morgan fingerprint density at radius 1 is 1.20 bits per heavy atom. The summed E-state index contributed by atoms with van der Waals surface area (Å²) in [5.74, 6) is 0.741. The molecule has 0 aliphatic carbocycles. The van der Waals surface area contributed by atoms with Gasteiger partial charge in [-0.3, -0.25) is 0 Å². The first-order valence-corrected chi connectivity index (χ1v) is 6.76. The molecule has 5 heteroatoms. The zero-order valence-electron chi connectivity index (χ0n) is 11.5. The number of hydrazine groups is 1. The lowest BCUT2D eigenvalue weighted by Gasteiger charge is -2.32. The quantitative estimate of drug-likeness (QED) is 0.897. The number of hydrogen-bond acceptors (Lipinski definition) is 5. The molecule has 0 saturated carbocycles. The molecule has 1 aliphatic rings. The predicted octanol–water partition coefficient (Wildman–Crippen LogP) is 1.68. The van der Waals surface area contributed by atoms with E-state index in [1.165, 1.54) is 0 Å². The number of fused-ring (bicyclic) bond motifs is 1. The molecule has 0 spiro atoms. The minimum Gasteiger partial charge on any atom is -0.304 e. The van der Waals surface area contributed by atoms with Crippen molar-refractivity contribution >= 4 is 16.7 Å². The van der Waals surface area contributed by atoms with Crippen LogP contribution in [-0.2, 0) is 0 Å². The van der Waals surface area contributed by atoms with E-state index in [4.69, 9.17) is 0 Å². The van der Waals surface area contributed by atoms with Gasteiger partial charge in [-0.25, -0.2) is 9.99 Å². The predicted molar refractivity (Wildman–Crippen MR) is 79.2 cm³/mol. The van der Waals surface area contributed by atoms with Gasteiger partial charge in [0.1, 0.15) is 5.82 Å². The number of nitrogens with zero attached hydrogens (tertiary/aromatic N) is 4.